The lowest BCUT2D eigenvalue weighted by Crippen LogP contribution is -2.29. The van der Waals surface area contributed by atoms with Crippen LogP contribution in [-0.4, -0.2) is 54.7 Å². The molecule has 1 amide bonds. The van der Waals surface area contributed by atoms with E-state index >= 15 is 0 Å². The van der Waals surface area contributed by atoms with Gasteiger partial charge in [0.25, 0.3) is 5.78 Å². The third-order valence-electron chi connectivity index (χ3n) is 6.20. The first-order chi connectivity index (χ1) is 19.7. The van der Waals surface area contributed by atoms with Gasteiger partial charge in [0.15, 0.2) is 16.6 Å². The molecule has 41 heavy (non-hydrogen) atoms. The number of esters is 1. The van der Waals surface area contributed by atoms with E-state index in [1.54, 1.807) is 49.4 Å². The van der Waals surface area contributed by atoms with Gasteiger partial charge in [0.1, 0.15) is 23.0 Å². The number of aliphatic hydroxyl groups is 1. The molecule has 0 radical (unpaired) electrons. The summed E-state index contributed by atoms with van der Waals surface area (Å²) in [7, 11) is 1.51. The van der Waals surface area contributed by atoms with Gasteiger partial charge in [-0.3, -0.25) is 14.5 Å². The number of amides is 1. The molecular weight excluding hydrogens is 548 g/mol. The van der Waals surface area contributed by atoms with Crippen LogP contribution in [0, 0.1) is 6.92 Å². The summed E-state index contributed by atoms with van der Waals surface area (Å²) in [6.45, 7) is 9.57. The topological polar surface area (TPSA) is 124 Å². The van der Waals surface area contributed by atoms with Crippen LogP contribution in [0.15, 0.2) is 60.7 Å². The van der Waals surface area contributed by atoms with Crippen molar-refractivity contribution in [1.82, 2.24) is 4.98 Å². The van der Waals surface area contributed by atoms with Crippen molar-refractivity contribution in [3.8, 4) is 17.2 Å². The number of aromatic nitrogens is 1. The first kappa shape index (κ1) is 29.3. The van der Waals surface area contributed by atoms with Crippen molar-refractivity contribution >= 4 is 39.9 Å². The minimum absolute atomic E-state index is 0.00423. The average Bonchev–Trinajstić information content (AvgIpc) is 3.48. The van der Waals surface area contributed by atoms with Crippen LogP contribution in [0.1, 0.15) is 46.4 Å². The third kappa shape index (κ3) is 5.80. The second kappa shape index (κ2) is 12.7. The number of ketones is 1. The molecule has 2 aromatic carbocycles. The maximum atomic E-state index is 13.6. The molecule has 0 spiro atoms. The number of hydrogen-bond donors (Lipinski definition) is 1. The Bertz CT molecular complexity index is 1510. The largest absolute Gasteiger partial charge is 0.507 e. The molecule has 4 rings (SSSR count). The Morgan fingerprint density at radius 2 is 1.78 bits per heavy atom. The number of carbonyl (C=O) groups is 3. The molecule has 1 atom stereocenters. The molecule has 11 heteroatoms. The zero-order chi connectivity index (χ0) is 29.7. The van der Waals surface area contributed by atoms with E-state index < -0.39 is 23.7 Å². The predicted molar refractivity (Wildman–Crippen MR) is 154 cm³/mol. The molecule has 1 aliphatic rings. The number of thiazole rings is 1. The first-order valence-electron chi connectivity index (χ1n) is 12.9. The van der Waals surface area contributed by atoms with E-state index in [0.29, 0.717) is 47.3 Å². The standard InChI is InChI=1S/C30H30N2O8S/c1-6-15-40-29(36)27-17(4)31-30(41-27)32-24(19-11-14-21(38-7-2)22(16-19)39-8-3)23(26(34)28(32)35)25(33)18-9-12-20(37-5)13-10-18/h6,9-14,16,24,33H,1,7-8,15H2,2-5H3. The molecule has 0 bridgehead atoms. The SMILES string of the molecule is C=CCOC(=O)c1sc(N2C(=O)C(=O)C(=C(O)c3ccc(OC)cc3)C2c2ccc(OCC)c(OCC)c2)nc1C. The summed E-state index contributed by atoms with van der Waals surface area (Å²) in [5, 5.41) is 11.5. The van der Waals surface area contributed by atoms with Crippen molar-refractivity contribution < 1.29 is 38.4 Å². The maximum absolute atomic E-state index is 13.6. The number of aryl methyl sites for hydroxylation is 1. The molecule has 1 aromatic heterocycles. The van der Waals surface area contributed by atoms with E-state index in [9.17, 15) is 19.5 Å². The van der Waals surface area contributed by atoms with E-state index in [1.807, 2.05) is 13.8 Å². The second-order valence-corrected chi connectivity index (χ2v) is 9.75. The molecule has 3 aromatic rings. The van der Waals surface area contributed by atoms with Crippen LogP contribution in [0.3, 0.4) is 0 Å². The number of rotatable bonds is 11. The molecule has 1 N–H and O–H groups in total. The second-order valence-electron chi connectivity index (χ2n) is 8.77. The number of benzene rings is 2. The summed E-state index contributed by atoms with van der Waals surface area (Å²) >= 11 is 0.916. The average molecular weight is 579 g/mol. The van der Waals surface area contributed by atoms with Crippen LogP contribution in [-0.2, 0) is 14.3 Å². The molecule has 1 fully saturated rings. The van der Waals surface area contributed by atoms with Gasteiger partial charge in [0.2, 0.25) is 0 Å². The zero-order valence-corrected chi connectivity index (χ0v) is 23.9. The Kier molecular flexibility index (Phi) is 9.08. The Labute approximate surface area is 241 Å². The summed E-state index contributed by atoms with van der Waals surface area (Å²) < 4.78 is 21.8. The van der Waals surface area contributed by atoms with E-state index in [-0.39, 0.29) is 27.9 Å². The number of methoxy groups -OCH3 is 1. The number of hydrogen-bond acceptors (Lipinski definition) is 10. The monoisotopic (exact) mass is 578 g/mol. The smallest absolute Gasteiger partial charge is 0.350 e. The Balaban J connectivity index is 1.91. The summed E-state index contributed by atoms with van der Waals surface area (Å²) in [4.78, 5) is 45.5. The Hall–Kier alpha value is -4.64. The van der Waals surface area contributed by atoms with Gasteiger partial charge in [-0.15, -0.1) is 0 Å². The molecular formula is C30H30N2O8S. The number of nitrogens with zero attached hydrogens (tertiary/aromatic N) is 2. The molecule has 1 unspecified atom stereocenters. The van der Waals surface area contributed by atoms with Crippen molar-refractivity contribution in [3.05, 3.63) is 82.4 Å². The fourth-order valence-corrected chi connectivity index (χ4v) is 5.35. The zero-order valence-electron chi connectivity index (χ0n) is 23.1. The summed E-state index contributed by atoms with van der Waals surface area (Å²) in [5.41, 5.74) is 0.968. The molecule has 0 aliphatic carbocycles. The van der Waals surface area contributed by atoms with Crippen molar-refractivity contribution in [2.45, 2.75) is 26.8 Å². The maximum Gasteiger partial charge on any atom is 0.350 e. The minimum atomic E-state index is -1.09. The quantitative estimate of drug-likeness (QED) is 0.107. The van der Waals surface area contributed by atoms with Gasteiger partial charge in [0.05, 0.1) is 37.6 Å². The van der Waals surface area contributed by atoms with Crippen molar-refractivity contribution in [2.75, 3.05) is 31.8 Å². The van der Waals surface area contributed by atoms with E-state index in [2.05, 4.69) is 11.6 Å². The van der Waals surface area contributed by atoms with Crippen LogP contribution < -0.4 is 19.1 Å². The highest BCUT2D eigenvalue weighted by molar-refractivity contribution is 7.17. The number of carbonyl (C=O) groups excluding carboxylic acids is 3. The molecule has 1 aliphatic heterocycles. The van der Waals surface area contributed by atoms with Gasteiger partial charge < -0.3 is 24.1 Å². The number of anilines is 1. The van der Waals surface area contributed by atoms with Crippen molar-refractivity contribution in [2.24, 2.45) is 0 Å². The van der Waals surface area contributed by atoms with Gasteiger partial charge in [-0.1, -0.05) is 30.1 Å². The molecule has 0 saturated carbocycles. The van der Waals surface area contributed by atoms with Gasteiger partial charge in [0, 0.05) is 5.56 Å². The molecule has 10 nitrogen and oxygen atoms in total. The van der Waals surface area contributed by atoms with Gasteiger partial charge >= 0.3 is 11.9 Å². The van der Waals surface area contributed by atoms with Gasteiger partial charge in [-0.25, -0.2) is 9.78 Å². The highest BCUT2D eigenvalue weighted by Gasteiger charge is 2.48. The molecule has 2 heterocycles. The van der Waals surface area contributed by atoms with Crippen LogP contribution in [0.2, 0.25) is 0 Å². The van der Waals surface area contributed by atoms with Gasteiger partial charge in [-0.05, 0) is 62.7 Å². The lowest BCUT2D eigenvalue weighted by Gasteiger charge is -2.24. The lowest BCUT2D eigenvalue weighted by molar-refractivity contribution is -0.132. The summed E-state index contributed by atoms with van der Waals surface area (Å²) in [6.07, 6.45) is 1.44. The van der Waals surface area contributed by atoms with Crippen LogP contribution >= 0.6 is 11.3 Å². The number of Topliss-reactive ketones (excluding diaryl/α,β-unsaturated/α-hetero) is 1. The first-order valence-corrected chi connectivity index (χ1v) is 13.7. The van der Waals surface area contributed by atoms with Crippen molar-refractivity contribution in [1.29, 1.82) is 0 Å². The van der Waals surface area contributed by atoms with Crippen LogP contribution in [0.4, 0.5) is 5.13 Å². The lowest BCUT2D eigenvalue weighted by atomic mass is 9.95. The summed E-state index contributed by atoms with van der Waals surface area (Å²) in [5.74, 6) is -1.36. The van der Waals surface area contributed by atoms with E-state index in [1.165, 1.54) is 18.1 Å². The highest BCUT2D eigenvalue weighted by atomic mass is 32.1. The fourth-order valence-electron chi connectivity index (χ4n) is 4.36. The molecule has 1 saturated heterocycles. The van der Waals surface area contributed by atoms with E-state index in [0.717, 1.165) is 11.3 Å². The third-order valence-corrected chi connectivity index (χ3v) is 7.34. The fraction of sp³-hybridized carbons (Fsp3) is 0.267. The molecule has 214 valence electrons. The predicted octanol–water partition coefficient (Wildman–Crippen LogP) is 5.23. The number of ether oxygens (including phenoxy) is 4. The van der Waals surface area contributed by atoms with E-state index in [4.69, 9.17) is 18.9 Å². The Morgan fingerprint density at radius 1 is 1.10 bits per heavy atom. The highest BCUT2D eigenvalue weighted by Crippen LogP contribution is 2.45. The van der Waals surface area contributed by atoms with Crippen LogP contribution in [0.5, 0.6) is 17.2 Å². The number of aliphatic hydroxyl groups excluding tert-OH is 1. The Morgan fingerprint density at radius 3 is 2.41 bits per heavy atom. The van der Waals surface area contributed by atoms with Gasteiger partial charge in [-0.2, -0.15) is 0 Å². The van der Waals surface area contributed by atoms with Crippen LogP contribution in [0.25, 0.3) is 5.76 Å². The minimum Gasteiger partial charge on any atom is -0.507 e. The summed E-state index contributed by atoms with van der Waals surface area (Å²) in [6, 6.07) is 10.4. The normalized spacial score (nSPS) is 16.0. The van der Waals surface area contributed by atoms with Crippen molar-refractivity contribution in [3.63, 3.8) is 0 Å².